The fourth-order valence-electron chi connectivity index (χ4n) is 3.83. The summed E-state index contributed by atoms with van der Waals surface area (Å²) in [6.45, 7) is 2.67. The third-order valence-electron chi connectivity index (χ3n) is 5.47. The molecule has 0 spiro atoms. The van der Waals surface area contributed by atoms with E-state index in [4.69, 9.17) is 0 Å². The van der Waals surface area contributed by atoms with Gasteiger partial charge in [0.25, 0.3) is 0 Å². The first kappa shape index (κ1) is 19.1. The van der Waals surface area contributed by atoms with Crippen LogP contribution in [0.3, 0.4) is 0 Å². The number of carbonyl (C=O) groups is 1. The van der Waals surface area contributed by atoms with Gasteiger partial charge in [-0.05, 0) is 30.5 Å². The molecule has 0 aliphatic carbocycles. The molecule has 0 radical (unpaired) electrons. The number of nitrogens with zero attached hydrogens (tertiary/aromatic N) is 3. The quantitative estimate of drug-likeness (QED) is 0.790. The van der Waals surface area contributed by atoms with Gasteiger partial charge < -0.3 is 4.90 Å². The summed E-state index contributed by atoms with van der Waals surface area (Å²) in [5.74, 6) is 0.649. The predicted octanol–water partition coefficient (Wildman–Crippen LogP) is 2.50. The normalized spacial score (nSPS) is 20.3. The van der Waals surface area contributed by atoms with Crippen LogP contribution in [0.2, 0.25) is 0 Å². The van der Waals surface area contributed by atoms with Crippen molar-refractivity contribution in [3.8, 4) is 11.3 Å². The number of benzene rings is 1. The number of sulfone groups is 1. The van der Waals surface area contributed by atoms with E-state index in [1.54, 1.807) is 6.20 Å². The Balaban J connectivity index is 1.51. The van der Waals surface area contributed by atoms with Crippen molar-refractivity contribution in [3.63, 3.8) is 0 Å². The minimum absolute atomic E-state index is 0.164. The number of pyridine rings is 1. The van der Waals surface area contributed by atoms with Gasteiger partial charge in [0.05, 0.1) is 22.9 Å². The van der Waals surface area contributed by atoms with E-state index >= 15 is 0 Å². The topological polar surface area (TPSA) is 70.6 Å². The smallest absolute Gasteiger partial charge is 0.227 e. The average molecular weight is 400 g/mol. The van der Waals surface area contributed by atoms with Crippen LogP contribution in [0.1, 0.15) is 24.8 Å². The first-order valence-corrected chi connectivity index (χ1v) is 11.6. The molecule has 148 valence electrons. The Labute approximate surface area is 166 Å². The summed E-state index contributed by atoms with van der Waals surface area (Å²) in [6, 6.07) is 12.0. The summed E-state index contributed by atoms with van der Waals surface area (Å²) in [5, 5.41) is 0. The number of rotatable bonds is 4. The molecule has 0 bridgehead atoms. The standard InChI is InChI=1S/C21H25N3O3S/c25-20-5-1-2-11-24(20)19-4-3-10-22-21(19)18-8-6-17(7-9-18)16-23-12-14-28(26,27)15-13-23/h3-4,6-10H,1-2,5,11-16H2. The zero-order chi connectivity index (χ0) is 19.6. The summed E-state index contributed by atoms with van der Waals surface area (Å²) >= 11 is 0. The monoisotopic (exact) mass is 399 g/mol. The molecule has 1 aromatic carbocycles. The van der Waals surface area contributed by atoms with E-state index in [9.17, 15) is 13.2 Å². The molecule has 0 saturated carbocycles. The summed E-state index contributed by atoms with van der Waals surface area (Å²) in [5.41, 5.74) is 3.84. The van der Waals surface area contributed by atoms with Gasteiger partial charge >= 0.3 is 0 Å². The van der Waals surface area contributed by atoms with Crippen LogP contribution < -0.4 is 4.90 Å². The van der Waals surface area contributed by atoms with Crippen molar-refractivity contribution < 1.29 is 13.2 Å². The molecule has 7 heteroatoms. The Morgan fingerprint density at radius 1 is 0.964 bits per heavy atom. The van der Waals surface area contributed by atoms with Crippen LogP contribution in [0, 0.1) is 0 Å². The SMILES string of the molecule is O=C1CCCCN1c1cccnc1-c1ccc(CN2CCS(=O)(=O)CC2)cc1. The summed E-state index contributed by atoms with van der Waals surface area (Å²) < 4.78 is 23.1. The van der Waals surface area contributed by atoms with Crippen LogP contribution in [-0.4, -0.2) is 55.3 Å². The van der Waals surface area contributed by atoms with Crippen molar-refractivity contribution in [2.24, 2.45) is 0 Å². The van der Waals surface area contributed by atoms with Crippen LogP contribution >= 0.6 is 0 Å². The second kappa shape index (κ2) is 8.01. The maximum Gasteiger partial charge on any atom is 0.227 e. The maximum atomic E-state index is 12.3. The van der Waals surface area contributed by atoms with Gasteiger partial charge in [0.1, 0.15) is 0 Å². The van der Waals surface area contributed by atoms with E-state index in [2.05, 4.69) is 22.0 Å². The fourth-order valence-corrected chi connectivity index (χ4v) is 5.11. The molecule has 0 N–H and O–H groups in total. The van der Waals surface area contributed by atoms with E-state index in [0.29, 0.717) is 19.5 Å². The van der Waals surface area contributed by atoms with Gasteiger partial charge in [-0.25, -0.2) is 8.42 Å². The average Bonchev–Trinajstić information content (AvgIpc) is 2.71. The van der Waals surface area contributed by atoms with E-state index < -0.39 is 9.84 Å². The molecule has 2 saturated heterocycles. The lowest BCUT2D eigenvalue weighted by Crippen LogP contribution is -2.39. The highest BCUT2D eigenvalue weighted by atomic mass is 32.2. The zero-order valence-electron chi connectivity index (χ0n) is 15.9. The van der Waals surface area contributed by atoms with E-state index in [-0.39, 0.29) is 17.4 Å². The fraction of sp³-hybridized carbons (Fsp3) is 0.429. The highest BCUT2D eigenvalue weighted by Crippen LogP contribution is 2.31. The van der Waals surface area contributed by atoms with Crippen LogP contribution in [0.25, 0.3) is 11.3 Å². The minimum atomic E-state index is -2.85. The van der Waals surface area contributed by atoms with Crippen LogP contribution in [-0.2, 0) is 21.2 Å². The molecule has 1 amide bonds. The van der Waals surface area contributed by atoms with Crippen LogP contribution in [0.4, 0.5) is 5.69 Å². The molecule has 2 aliphatic rings. The van der Waals surface area contributed by atoms with Crippen molar-refractivity contribution in [2.75, 3.05) is 36.0 Å². The molecular formula is C21H25N3O3S. The van der Waals surface area contributed by atoms with Gasteiger partial charge in [-0.1, -0.05) is 24.3 Å². The minimum Gasteiger partial charge on any atom is -0.310 e. The van der Waals surface area contributed by atoms with Gasteiger partial charge in [-0.15, -0.1) is 0 Å². The second-order valence-corrected chi connectivity index (χ2v) is 9.80. The molecule has 2 aromatic rings. The third kappa shape index (κ3) is 4.25. The number of amides is 1. The molecular weight excluding hydrogens is 374 g/mol. The van der Waals surface area contributed by atoms with Crippen LogP contribution in [0.5, 0.6) is 0 Å². The van der Waals surface area contributed by atoms with Crippen molar-refractivity contribution in [3.05, 3.63) is 48.2 Å². The van der Waals surface area contributed by atoms with Crippen molar-refractivity contribution in [1.82, 2.24) is 9.88 Å². The van der Waals surface area contributed by atoms with Crippen molar-refractivity contribution in [1.29, 1.82) is 0 Å². The first-order valence-electron chi connectivity index (χ1n) is 9.79. The molecule has 1 aromatic heterocycles. The van der Waals surface area contributed by atoms with Gasteiger partial charge in [0.15, 0.2) is 9.84 Å². The van der Waals surface area contributed by atoms with Gasteiger partial charge in [0.2, 0.25) is 5.91 Å². The van der Waals surface area contributed by atoms with Gasteiger partial charge in [-0.2, -0.15) is 0 Å². The molecule has 28 heavy (non-hydrogen) atoms. The number of hydrogen-bond acceptors (Lipinski definition) is 5. The molecule has 0 unspecified atom stereocenters. The maximum absolute atomic E-state index is 12.3. The number of aromatic nitrogens is 1. The van der Waals surface area contributed by atoms with Gasteiger partial charge in [-0.3, -0.25) is 14.7 Å². The molecule has 0 atom stereocenters. The lowest BCUT2D eigenvalue weighted by Gasteiger charge is -2.28. The lowest BCUT2D eigenvalue weighted by atomic mass is 10.0. The second-order valence-electron chi connectivity index (χ2n) is 7.50. The number of hydrogen-bond donors (Lipinski definition) is 0. The molecule has 4 rings (SSSR count). The first-order chi connectivity index (χ1) is 13.5. The molecule has 3 heterocycles. The molecule has 6 nitrogen and oxygen atoms in total. The van der Waals surface area contributed by atoms with Gasteiger partial charge in [0, 0.05) is 44.4 Å². The zero-order valence-corrected chi connectivity index (χ0v) is 16.7. The highest BCUT2D eigenvalue weighted by Gasteiger charge is 2.23. The Morgan fingerprint density at radius 3 is 2.43 bits per heavy atom. The largest absolute Gasteiger partial charge is 0.310 e. The number of piperidine rings is 1. The van der Waals surface area contributed by atoms with Crippen molar-refractivity contribution >= 4 is 21.4 Å². The van der Waals surface area contributed by atoms with E-state index in [1.165, 1.54) is 0 Å². The Kier molecular flexibility index (Phi) is 5.46. The Morgan fingerprint density at radius 2 is 1.71 bits per heavy atom. The summed E-state index contributed by atoms with van der Waals surface area (Å²) in [6.07, 6.45) is 4.33. The lowest BCUT2D eigenvalue weighted by molar-refractivity contribution is -0.119. The number of carbonyl (C=O) groups excluding carboxylic acids is 1. The highest BCUT2D eigenvalue weighted by molar-refractivity contribution is 7.91. The molecule has 2 fully saturated rings. The van der Waals surface area contributed by atoms with Crippen molar-refractivity contribution in [2.45, 2.75) is 25.8 Å². The predicted molar refractivity (Wildman–Crippen MR) is 110 cm³/mol. The van der Waals surface area contributed by atoms with Crippen LogP contribution in [0.15, 0.2) is 42.6 Å². The summed E-state index contributed by atoms with van der Waals surface area (Å²) in [4.78, 5) is 20.9. The summed E-state index contributed by atoms with van der Waals surface area (Å²) in [7, 11) is -2.85. The molecule has 2 aliphatic heterocycles. The number of anilines is 1. The third-order valence-corrected chi connectivity index (χ3v) is 7.08. The van der Waals surface area contributed by atoms with E-state index in [0.717, 1.165) is 48.4 Å². The van der Waals surface area contributed by atoms with E-state index in [1.807, 2.05) is 29.2 Å². The Bertz CT molecular complexity index is 943. The Hall–Kier alpha value is -2.25.